The summed E-state index contributed by atoms with van der Waals surface area (Å²) < 4.78 is 1.95. The maximum Gasteiger partial charge on any atom is 0.323 e. The van der Waals surface area contributed by atoms with Gasteiger partial charge in [0.05, 0.1) is 6.33 Å². The molecule has 0 aliphatic carbocycles. The Labute approximate surface area is 126 Å². The maximum absolute atomic E-state index is 12.5. The SMILES string of the molecule is CCc1[nH]c(=O)[nH]c1C(=O)c1ccc(Cn2ccnc2)cc1. The Kier molecular flexibility index (Phi) is 3.74. The number of benzene rings is 1. The molecule has 0 amide bonds. The van der Waals surface area contributed by atoms with Crippen molar-refractivity contribution < 1.29 is 4.79 Å². The topological polar surface area (TPSA) is 83.5 Å². The highest BCUT2D eigenvalue weighted by atomic mass is 16.1. The first-order valence-electron chi connectivity index (χ1n) is 7.08. The Morgan fingerprint density at radius 2 is 2.00 bits per heavy atom. The van der Waals surface area contributed by atoms with E-state index in [2.05, 4.69) is 15.0 Å². The largest absolute Gasteiger partial charge is 0.333 e. The second-order valence-corrected chi connectivity index (χ2v) is 5.05. The molecule has 2 N–H and O–H groups in total. The van der Waals surface area contributed by atoms with Crippen LogP contribution in [0.3, 0.4) is 0 Å². The van der Waals surface area contributed by atoms with E-state index < -0.39 is 0 Å². The Morgan fingerprint density at radius 3 is 2.64 bits per heavy atom. The molecule has 0 radical (unpaired) electrons. The molecule has 3 rings (SSSR count). The van der Waals surface area contributed by atoms with Crippen LogP contribution in [-0.4, -0.2) is 25.3 Å². The normalized spacial score (nSPS) is 10.8. The van der Waals surface area contributed by atoms with Gasteiger partial charge in [0.15, 0.2) is 0 Å². The number of ketones is 1. The van der Waals surface area contributed by atoms with Crippen LogP contribution >= 0.6 is 0 Å². The van der Waals surface area contributed by atoms with Gasteiger partial charge in [-0.1, -0.05) is 31.2 Å². The van der Waals surface area contributed by atoms with Gasteiger partial charge in [0.1, 0.15) is 5.69 Å². The number of hydrogen-bond acceptors (Lipinski definition) is 3. The van der Waals surface area contributed by atoms with E-state index in [1.165, 1.54) is 0 Å². The maximum atomic E-state index is 12.5. The second kappa shape index (κ2) is 5.85. The van der Waals surface area contributed by atoms with E-state index in [0.29, 0.717) is 29.9 Å². The standard InChI is InChI=1S/C16H16N4O2/c1-2-13-14(19-16(22)18-13)15(21)12-5-3-11(4-6-12)9-20-8-7-17-10-20/h3-8,10H,2,9H2,1H3,(H2,18,19,22). The van der Waals surface area contributed by atoms with Crippen molar-refractivity contribution in [3.05, 3.63) is 76.0 Å². The van der Waals surface area contributed by atoms with E-state index in [-0.39, 0.29) is 11.5 Å². The molecule has 112 valence electrons. The molecule has 0 atom stereocenters. The highest BCUT2D eigenvalue weighted by Crippen LogP contribution is 2.12. The predicted octanol–water partition coefficient (Wildman–Crippen LogP) is 1.74. The van der Waals surface area contributed by atoms with Crippen molar-refractivity contribution in [2.24, 2.45) is 0 Å². The first kappa shape index (κ1) is 14.1. The van der Waals surface area contributed by atoms with Gasteiger partial charge in [0.25, 0.3) is 0 Å². The van der Waals surface area contributed by atoms with Crippen molar-refractivity contribution >= 4 is 5.78 Å². The Bertz CT molecular complexity index is 826. The van der Waals surface area contributed by atoms with Gasteiger partial charge in [-0.3, -0.25) is 4.79 Å². The molecular formula is C16H16N4O2. The third-order valence-electron chi connectivity index (χ3n) is 3.53. The van der Waals surface area contributed by atoms with Crippen molar-refractivity contribution in [2.45, 2.75) is 19.9 Å². The summed E-state index contributed by atoms with van der Waals surface area (Å²) in [4.78, 5) is 33.0. The fraction of sp³-hybridized carbons (Fsp3) is 0.188. The van der Waals surface area contributed by atoms with E-state index in [1.807, 2.05) is 29.8 Å². The number of carbonyl (C=O) groups excluding carboxylic acids is 1. The molecule has 1 aromatic carbocycles. The van der Waals surface area contributed by atoms with Crippen molar-refractivity contribution in [3.63, 3.8) is 0 Å². The number of hydrogen-bond donors (Lipinski definition) is 2. The van der Waals surface area contributed by atoms with Crippen LogP contribution in [0, 0.1) is 0 Å². The van der Waals surface area contributed by atoms with Gasteiger partial charge in [-0.2, -0.15) is 0 Å². The molecule has 3 aromatic rings. The summed E-state index contributed by atoms with van der Waals surface area (Å²) in [5.74, 6) is -0.176. The van der Waals surface area contributed by atoms with Crippen molar-refractivity contribution in [1.82, 2.24) is 19.5 Å². The van der Waals surface area contributed by atoms with Gasteiger partial charge >= 0.3 is 5.69 Å². The third-order valence-corrected chi connectivity index (χ3v) is 3.53. The van der Waals surface area contributed by atoms with E-state index >= 15 is 0 Å². The summed E-state index contributed by atoms with van der Waals surface area (Å²) in [5, 5.41) is 0. The fourth-order valence-electron chi connectivity index (χ4n) is 2.38. The Hall–Kier alpha value is -2.89. The van der Waals surface area contributed by atoms with Crippen LogP contribution in [0.25, 0.3) is 0 Å². The van der Waals surface area contributed by atoms with Crippen LogP contribution in [0.1, 0.15) is 34.2 Å². The van der Waals surface area contributed by atoms with Gasteiger partial charge in [-0.15, -0.1) is 0 Å². The number of rotatable bonds is 5. The highest BCUT2D eigenvalue weighted by molar-refractivity contribution is 6.08. The summed E-state index contributed by atoms with van der Waals surface area (Å²) >= 11 is 0. The van der Waals surface area contributed by atoms with Crippen LogP contribution in [0.2, 0.25) is 0 Å². The fourth-order valence-corrected chi connectivity index (χ4v) is 2.38. The summed E-state index contributed by atoms with van der Waals surface area (Å²) in [6.07, 6.45) is 5.96. The quantitative estimate of drug-likeness (QED) is 0.703. The molecule has 2 heterocycles. The lowest BCUT2D eigenvalue weighted by Crippen LogP contribution is -2.07. The molecule has 0 fully saturated rings. The summed E-state index contributed by atoms with van der Waals surface area (Å²) in [7, 11) is 0. The van der Waals surface area contributed by atoms with Crippen LogP contribution in [0.5, 0.6) is 0 Å². The predicted molar refractivity (Wildman–Crippen MR) is 82.0 cm³/mol. The molecular weight excluding hydrogens is 280 g/mol. The molecule has 0 unspecified atom stereocenters. The van der Waals surface area contributed by atoms with Crippen molar-refractivity contribution in [2.75, 3.05) is 0 Å². The number of carbonyl (C=O) groups is 1. The van der Waals surface area contributed by atoms with Gasteiger partial charge in [0.2, 0.25) is 5.78 Å². The monoisotopic (exact) mass is 296 g/mol. The van der Waals surface area contributed by atoms with Gasteiger partial charge in [-0.05, 0) is 12.0 Å². The van der Waals surface area contributed by atoms with E-state index in [9.17, 15) is 9.59 Å². The van der Waals surface area contributed by atoms with E-state index in [4.69, 9.17) is 0 Å². The molecule has 2 aromatic heterocycles. The summed E-state index contributed by atoms with van der Waals surface area (Å²) in [6, 6.07) is 7.37. The average Bonchev–Trinajstić information content (AvgIpc) is 3.16. The Morgan fingerprint density at radius 1 is 1.23 bits per heavy atom. The van der Waals surface area contributed by atoms with E-state index in [0.717, 1.165) is 5.56 Å². The average molecular weight is 296 g/mol. The number of nitrogens with zero attached hydrogens (tertiary/aromatic N) is 2. The first-order chi connectivity index (χ1) is 10.7. The minimum atomic E-state index is -0.350. The molecule has 0 bridgehead atoms. The minimum Gasteiger partial charge on any atom is -0.333 e. The number of aryl methyl sites for hydroxylation is 1. The van der Waals surface area contributed by atoms with E-state index in [1.54, 1.807) is 24.7 Å². The van der Waals surface area contributed by atoms with Crippen LogP contribution in [0.15, 0.2) is 47.8 Å². The lowest BCUT2D eigenvalue weighted by atomic mass is 10.0. The molecule has 6 heteroatoms. The third kappa shape index (κ3) is 2.76. The lowest BCUT2D eigenvalue weighted by Gasteiger charge is -2.05. The van der Waals surface area contributed by atoms with Crippen molar-refractivity contribution in [3.8, 4) is 0 Å². The highest BCUT2D eigenvalue weighted by Gasteiger charge is 2.16. The zero-order chi connectivity index (χ0) is 15.5. The van der Waals surface area contributed by atoms with Crippen molar-refractivity contribution in [1.29, 1.82) is 0 Å². The zero-order valence-corrected chi connectivity index (χ0v) is 12.2. The minimum absolute atomic E-state index is 0.176. The number of aromatic nitrogens is 4. The number of H-pyrrole nitrogens is 2. The molecule has 6 nitrogen and oxygen atoms in total. The molecule has 0 aliphatic heterocycles. The molecule has 0 saturated heterocycles. The second-order valence-electron chi connectivity index (χ2n) is 5.05. The summed E-state index contributed by atoms with van der Waals surface area (Å²) in [5.41, 5.74) is 2.26. The first-order valence-corrected chi connectivity index (χ1v) is 7.08. The Balaban J connectivity index is 1.83. The molecule has 0 spiro atoms. The number of imidazole rings is 2. The van der Waals surface area contributed by atoms with Gasteiger partial charge < -0.3 is 14.5 Å². The lowest BCUT2D eigenvalue weighted by molar-refractivity contribution is 0.103. The number of nitrogens with one attached hydrogen (secondary N) is 2. The summed E-state index contributed by atoms with van der Waals surface area (Å²) in [6.45, 7) is 2.60. The van der Waals surface area contributed by atoms with Crippen LogP contribution < -0.4 is 5.69 Å². The van der Waals surface area contributed by atoms with Crippen LogP contribution in [0.4, 0.5) is 0 Å². The van der Waals surface area contributed by atoms with Crippen LogP contribution in [-0.2, 0) is 13.0 Å². The number of aromatic amines is 2. The molecule has 22 heavy (non-hydrogen) atoms. The molecule has 0 saturated carbocycles. The van der Waals surface area contributed by atoms with Gasteiger partial charge in [0, 0.05) is 30.2 Å². The zero-order valence-electron chi connectivity index (χ0n) is 12.2. The van der Waals surface area contributed by atoms with Gasteiger partial charge in [-0.25, -0.2) is 9.78 Å². The smallest absolute Gasteiger partial charge is 0.323 e. The molecule has 0 aliphatic rings.